The van der Waals surface area contributed by atoms with Crippen LogP contribution in [0.2, 0.25) is 0 Å². The molecule has 39 heavy (non-hydrogen) atoms. The van der Waals surface area contributed by atoms with Gasteiger partial charge in [0.05, 0.1) is 34.0 Å². The van der Waals surface area contributed by atoms with Gasteiger partial charge in [-0.3, -0.25) is 14.4 Å². The van der Waals surface area contributed by atoms with Gasteiger partial charge < -0.3 is 25.1 Å². The molecule has 0 radical (unpaired) electrons. The largest absolute Gasteiger partial charge is 0.466 e. The lowest BCUT2D eigenvalue weighted by atomic mass is 10.0. The number of anilines is 1. The second-order valence-corrected chi connectivity index (χ2v) is 9.89. The minimum atomic E-state index is -0.964. The first-order valence-corrected chi connectivity index (χ1v) is 13.5. The Morgan fingerprint density at radius 1 is 1.05 bits per heavy atom. The van der Waals surface area contributed by atoms with E-state index in [-0.39, 0.29) is 31.6 Å². The molecule has 2 aromatic heterocycles. The van der Waals surface area contributed by atoms with Gasteiger partial charge in [0.15, 0.2) is 0 Å². The van der Waals surface area contributed by atoms with Gasteiger partial charge in [0.2, 0.25) is 0 Å². The van der Waals surface area contributed by atoms with Crippen molar-refractivity contribution in [2.45, 2.75) is 46.2 Å². The maximum absolute atomic E-state index is 12.9. The highest BCUT2D eigenvalue weighted by molar-refractivity contribution is 7.17. The predicted octanol–water partition coefficient (Wildman–Crippen LogP) is 4.06. The third kappa shape index (κ3) is 6.80. The molecule has 3 N–H and O–H groups in total. The molecule has 0 bridgehead atoms. The number of aromatic amines is 1. The lowest BCUT2D eigenvalue weighted by Crippen LogP contribution is -2.42. The third-order valence-electron chi connectivity index (χ3n) is 5.99. The molecular weight excluding hydrogens is 520 g/mol. The van der Waals surface area contributed by atoms with Gasteiger partial charge >= 0.3 is 11.9 Å². The molecule has 1 atom stereocenters. The van der Waals surface area contributed by atoms with Gasteiger partial charge in [-0.05, 0) is 67.8 Å². The minimum absolute atomic E-state index is 0.0164. The summed E-state index contributed by atoms with van der Waals surface area (Å²) in [5.74, 6) is -0.914. The number of ether oxygens (including phenoxy) is 2. The number of carbonyl (C=O) groups excluding carboxylic acids is 3. The van der Waals surface area contributed by atoms with Gasteiger partial charge in [-0.2, -0.15) is 0 Å². The molecule has 0 aliphatic heterocycles. The molecule has 1 amide bonds. The summed E-state index contributed by atoms with van der Waals surface area (Å²) in [5, 5.41) is 9.05. The van der Waals surface area contributed by atoms with E-state index in [0.717, 1.165) is 21.3 Å². The first-order chi connectivity index (χ1) is 18.8. The van der Waals surface area contributed by atoms with Crippen molar-refractivity contribution in [3.8, 4) is 0 Å². The number of aromatic nitrogens is 2. The summed E-state index contributed by atoms with van der Waals surface area (Å²) in [6.07, 6.45) is 0.0614. The molecule has 0 unspecified atom stereocenters. The molecule has 2 aromatic carbocycles. The van der Waals surface area contributed by atoms with E-state index in [0.29, 0.717) is 28.1 Å². The number of fused-ring (bicyclic) bond motifs is 3. The van der Waals surface area contributed by atoms with Gasteiger partial charge in [0, 0.05) is 13.0 Å². The van der Waals surface area contributed by atoms with E-state index in [9.17, 15) is 19.2 Å². The molecule has 4 aromatic rings. The monoisotopic (exact) mass is 550 g/mol. The summed E-state index contributed by atoms with van der Waals surface area (Å²) in [6.45, 7) is 5.99. The number of nitrogens with one attached hydrogen (secondary N) is 3. The number of benzene rings is 2. The average Bonchev–Trinajstić information content (AvgIpc) is 3.38. The van der Waals surface area contributed by atoms with E-state index < -0.39 is 23.9 Å². The fourth-order valence-corrected chi connectivity index (χ4v) is 5.00. The van der Waals surface area contributed by atoms with Gasteiger partial charge in [-0.1, -0.05) is 18.2 Å². The Kier molecular flexibility index (Phi) is 8.92. The molecule has 4 rings (SSSR count). The zero-order valence-electron chi connectivity index (χ0n) is 22.0. The summed E-state index contributed by atoms with van der Waals surface area (Å²) >= 11 is 1.24. The van der Waals surface area contributed by atoms with Crippen LogP contribution < -0.4 is 16.2 Å². The maximum Gasteiger partial charge on any atom is 0.328 e. The number of amides is 1. The highest BCUT2D eigenvalue weighted by Crippen LogP contribution is 2.26. The molecular formula is C28H30N4O6S. The summed E-state index contributed by atoms with van der Waals surface area (Å²) in [7, 11) is 0. The van der Waals surface area contributed by atoms with Crippen LogP contribution in [-0.2, 0) is 25.6 Å². The Morgan fingerprint density at radius 2 is 1.82 bits per heavy atom. The lowest BCUT2D eigenvalue weighted by molar-refractivity contribution is -0.146. The number of nitrogens with zero attached hydrogens (tertiary/aromatic N) is 1. The fourth-order valence-electron chi connectivity index (χ4n) is 4.19. The van der Waals surface area contributed by atoms with Crippen molar-refractivity contribution in [2.75, 3.05) is 18.5 Å². The molecule has 0 spiro atoms. The molecule has 0 saturated heterocycles. The normalized spacial score (nSPS) is 11.8. The summed E-state index contributed by atoms with van der Waals surface area (Å²) in [5.41, 5.74) is 1.42. The molecule has 10 nitrogen and oxygen atoms in total. The van der Waals surface area contributed by atoms with Crippen LogP contribution in [0.15, 0.2) is 47.3 Å². The van der Waals surface area contributed by atoms with Crippen molar-refractivity contribution < 1.29 is 23.9 Å². The number of H-pyrrole nitrogens is 1. The van der Waals surface area contributed by atoms with E-state index in [2.05, 4.69) is 20.6 Å². The number of thiophene rings is 1. The highest BCUT2D eigenvalue weighted by atomic mass is 32.1. The second kappa shape index (κ2) is 12.5. The zero-order valence-corrected chi connectivity index (χ0v) is 22.8. The van der Waals surface area contributed by atoms with Crippen molar-refractivity contribution in [1.29, 1.82) is 0 Å². The first kappa shape index (κ1) is 27.8. The smallest absolute Gasteiger partial charge is 0.328 e. The Hall–Kier alpha value is -4.25. The van der Waals surface area contributed by atoms with Crippen LogP contribution in [0.4, 0.5) is 5.00 Å². The fraction of sp³-hybridized carbons (Fsp3) is 0.321. The SMILES string of the molecule is CCOC(=O)CC[C@@H](NC(=O)c1ccc(NCc2ccc3ccc4nc(C)[nH]c(=O)c4c3c2)s1)C(=O)OCC. The van der Waals surface area contributed by atoms with Gasteiger partial charge in [0.1, 0.15) is 11.9 Å². The third-order valence-corrected chi connectivity index (χ3v) is 7.03. The quantitative estimate of drug-likeness (QED) is 0.188. The van der Waals surface area contributed by atoms with Crippen molar-refractivity contribution >= 4 is 55.9 Å². The van der Waals surface area contributed by atoms with Gasteiger partial charge in [-0.25, -0.2) is 9.78 Å². The standard InChI is InChI=1S/C28H30N4O6S/c1-4-37-24(33)13-10-21(28(36)38-5-2)32-26(34)22-11-12-23(39-22)29-15-17-6-7-18-8-9-20-25(19(18)14-17)27(35)31-16(3)30-20/h6-9,11-12,14,21,29H,4-5,10,13,15H2,1-3H3,(H,32,34)(H,30,31,35)/t21-/m1/s1. The zero-order chi connectivity index (χ0) is 27.9. The summed E-state index contributed by atoms with van der Waals surface area (Å²) in [4.78, 5) is 57.2. The first-order valence-electron chi connectivity index (χ1n) is 12.7. The number of carbonyl (C=O) groups is 3. The van der Waals surface area contributed by atoms with E-state index in [1.807, 2.05) is 30.3 Å². The van der Waals surface area contributed by atoms with E-state index in [1.54, 1.807) is 32.9 Å². The Morgan fingerprint density at radius 3 is 2.59 bits per heavy atom. The van der Waals surface area contributed by atoms with Gasteiger partial charge in [-0.15, -0.1) is 11.3 Å². The predicted molar refractivity (Wildman–Crippen MR) is 150 cm³/mol. The molecule has 204 valence electrons. The van der Waals surface area contributed by atoms with E-state index in [1.165, 1.54) is 11.3 Å². The van der Waals surface area contributed by atoms with Crippen LogP contribution in [0.5, 0.6) is 0 Å². The molecule has 0 aliphatic rings. The van der Waals surface area contributed by atoms with Crippen LogP contribution in [0.1, 0.15) is 47.7 Å². The van der Waals surface area contributed by atoms with Crippen LogP contribution in [-0.4, -0.2) is 47.1 Å². The average molecular weight is 551 g/mol. The van der Waals surface area contributed by atoms with Crippen molar-refractivity contribution in [2.24, 2.45) is 0 Å². The number of hydrogen-bond donors (Lipinski definition) is 3. The highest BCUT2D eigenvalue weighted by Gasteiger charge is 2.24. The number of esters is 2. The number of rotatable bonds is 11. The van der Waals surface area contributed by atoms with Crippen LogP contribution in [0, 0.1) is 6.92 Å². The Balaban J connectivity index is 1.44. The van der Waals surface area contributed by atoms with Crippen molar-refractivity contribution in [3.63, 3.8) is 0 Å². The van der Waals surface area contributed by atoms with Crippen molar-refractivity contribution in [3.05, 3.63) is 69.1 Å². The number of aryl methyl sites for hydroxylation is 1. The minimum Gasteiger partial charge on any atom is -0.466 e. The van der Waals surface area contributed by atoms with Crippen LogP contribution in [0.25, 0.3) is 21.7 Å². The molecule has 2 heterocycles. The molecule has 0 saturated carbocycles. The van der Waals surface area contributed by atoms with Gasteiger partial charge in [0.25, 0.3) is 11.5 Å². The Bertz CT molecular complexity index is 1580. The molecule has 0 fully saturated rings. The van der Waals surface area contributed by atoms with Crippen LogP contribution in [0.3, 0.4) is 0 Å². The Labute approximate surface area is 228 Å². The maximum atomic E-state index is 12.9. The van der Waals surface area contributed by atoms with Crippen LogP contribution >= 0.6 is 11.3 Å². The topological polar surface area (TPSA) is 139 Å². The lowest BCUT2D eigenvalue weighted by Gasteiger charge is -2.16. The number of hydrogen-bond acceptors (Lipinski definition) is 9. The molecule has 11 heteroatoms. The summed E-state index contributed by atoms with van der Waals surface area (Å²) in [6, 6.07) is 12.2. The van der Waals surface area contributed by atoms with E-state index >= 15 is 0 Å². The van der Waals surface area contributed by atoms with E-state index in [4.69, 9.17) is 9.47 Å². The second-order valence-electron chi connectivity index (χ2n) is 8.81. The van der Waals surface area contributed by atoms with Crippen molar-refractivity contribution in [1.82, 2.24) is 15.3 Å². The summed E-state index contributed by atoms with van der Waals surface area (Å²) < 4.78 is 9.97. The molecule has 0 aliphatic carbocycles.